The highest BCUT2D eigenvalue weighted by Gasteiger charge is 2.33. The van der Waals surface area contributed by atoms with Crippen molar-refractivity contribution >= 4 is 40.3 Å². The van der Waals surface area contributed by atoms with E-state index < -0.39 is 5.25 Å². The molecule has 2 aliphatic heterocycles. The Morgan fingerprint density at radius 1 is 1.18 bits per heavy atom. The molecule has 1 fully saturated rings. The number of amidine groups is 1. The molecule has 33 heavy (non-hydrogen) atoms. The van der Waals surface area contributed by atoms with Gasteiger partial charge in [-0.05, 0) is 56.0 Å². The number of piperidine rings is 1. The number of nitrogens with zero attached hydrogens (tertiary/aromatic N) is 3. The normalized spacial score (nSPS) is 19.1. The molecule has 2 atom stereocenters. The molecule has 0 saturated carbocycles. The molecule has 3 amide bonds. The van der Waals surface area contributed by atoms with Gasteiger partial charge in [-0.15, -0.1) is 0 Å². The van der Waals surface area contributed by atoms with Crippen LogP contribution in [0.15, 0.2) is 53.8 Å². The van der Waals surface area contributed by atoms with Crippen molar-refractivity contribution in [2.45, 2.75) is 43.9 Å². The first-order valence-electron chi connectivity index (χ1n) is 11.1. The van der Waals surface area contributed by atoms with Gasteiger partial charge in [0.05, 0.1) is 6.04 Å². The van der Waals surface area contributed by atoms with Crippen LogP contribution in [0, 0.1) is 0 Å². The Bertz CT molecular complexity index is 1050. The third-order valence-electron chi connectivity index (χ3n) is 5.67. The molecule has 2 aromatic rings. The van der Waals surface area contributed by atoms with Crippen molar-refractivity contribution in [1.82, 2.24) is 15.2 Å². The summed E-state index contributed by atoms with van der Waals surface area (Å²) in [6.45, 7) is 3.70. The molecule has 0 bridgehead atoms. The van der Waals surface area contributed by atoms with E-state index in [1.807, 2.05) is 19.1 Å². The van der Waals surface area contributed by atoms with E-state index in [4.69, 9.17) is 0 Å². The lowest BCUT2D eigenvalue weighted by Crippen LogP contribution is -2.33. The molecule has 1 saturated heterocycles. The molecule has 0 spiro atoms. The number of rotatable bonds is 6. The number of pyridine rings is 1. The maximum Gasteiger partial charge on any atom is 0.262 e. The van der Waals surface area contributed by atoms with Crippen LogP contribution in [0.3, 0.4) is 0 Å². The number of likely N-dealkylation sites (tertiary alicyclic amines) is 1. The number of hydrogen-bond donors (Lipinski definition) is 2. The first kappa shape index (κ1) is 23.0. The van der Waals surface area contributed by atoms with Gasteiger partial charge >= 0.3 is 0 Å². The lowest BCUT2D eigenvalue weighted by Gasteiger charge is -2.27. The number of anilines is 1. The lowest BCUT2D eigenvalue weighted by molar-refractivity contribution is -0.121. The van der Waals surface area contributed by atoms with Crippen LogP contribution in [0.5, 0.6) is 0 Å². The number of carbonyl (C=O) groups is 3. The quantitative estimate of drug-likeness (QED) is 0.678. The van der Waals surface area contributed by atoms with Gasteiger partial charge in [-0.3, -0.25) is 19.4 Å². The molecule has 1 aromatic carbocycles. The van der Waals surface area contributed by atoms with E-state index in [1.165, 1.54) is 18.2 Å². The maximum absolute atomic E-state index is 12.7. The Balaban J connectivity index is 1.31. The first-order valence-corrected chi connectivity index (χ1v) is 12.0. The predicted molar refractivity (Wildman–Crippen MR) is 129 cm³/mol. The second-order valence-electron chi connectivity index (χ2n) is 8.20. The van der Waals surface area contributed by atoms with E-state index in [9.17, 15) is 14.4 Å². The van der Waals surface area contributed by atoms with Crippen molar-refractivity contribution in [1.29, 1.82) is 0 Å². The largest absolute Gasteiger partial charge is 0.351 e. The fraction of sp³-hybridized carbons (Fsp3) is 0.375. The fourth-order valence-corrected chi connectivity index (χ4v) is 4.96. The molecule has 8 nitrogen and oxygen atoms in total. The van der Waals surface area contributed by atoms with Gasteiger partial charge in [0.15, 0.2) is 5.17 Å². The molecule has 1 aromatic heterocycles. The van der Waals surface area contributed by atoms with Gasteiger partial charge < -0.3 is 15.5 Å². The zero-order valence-corrected chi connectivity index (χ0v) is 19.3. The van der Waals surface area contributed by atoms with Crippen LogP contribution in [0.25, 0.3) is 0 Å². The number of carbonyl (C=O) groups excluding carboxylic acids is 3. The number of benzene rings is 1. The van der Waals surface area contributed by atoms with Crippen molar-refractivity contribution in [3.63, 3.8) is 0 Å². The molecule has 2 N–H and O–H groups in total. The third kappa shape index (κ3) is 5.98. The van der Waals surface area contributed by atoms with Crippen LogP contribution in [0.2, 0.25) is 0 Å². The number of hydrogen-bond acceptors (Lipinski definition) is 6. The van der Waals surface area contributed by atoms with E-state index in [2.05, 4.69) is 25.5 Å². The molecule has 172 valence electrons. The molecular formula is C24H27N5O3S. The van der Waals surface area contributed by atoms with Crippen molar-refractivity contribution < 1.29 is 14.4 Å². The summed E-state index contributed by atoms with van der Waals surface area (Å²) < 4.78 is 0. The predicted octanol–water partition coefficient (Wildman–Crippen LogP) is 3.39. The summed E-state index contributed by atoms with van der Waals surface area (Å²) in [5.74, 6) is -0.783. The highest BCUT2D eigenvalue weighted by atomic mass is 32.2. The van der Waals surface area contributed by atoms with Gasteiger partial charge in [-0.25, -0.2) is 0 Å². The molecule has 4 rings (SSSR count). The van der Waals surface area contributed by atoms with E-state index in [0.29, 0.717) is 11.3 Å². The van der Waals surface area contributed by atoms with Crippen LogP contribution in [0.4, 0.5) is 5.69 Å². The summed E-state index contributed by atoms with van der Waals surface area (Å²) in [6.07, 6.45) is 6.84. The van der Waals surface area contributed by atoms with Gasteiger partial charge in [0.2, 0.25) is 5.91 Å². The monoisotopic (exact) mass is 465 g/mol. The second kappa shape index (κ2) is 10.6. The second-order valence-corrected chi connectivity index (χ2v) is 9.37. The molecule has 9 heteroatoms. The van der Waals surface area contributed by atoms with Crippen molar-refractivity contribution in [2.24, 2.45) is 4.99 Å². The summed E-state index contributed by atoms with van der Waals surface area (Å²) in [7, 11) is 0. The van der Waals surface area contributed by atoms with Crippen molar-refractivity contribution in [3.05, 3.63) is 59.9 Å². The maximum atomic E-state index is 12.7. The van der Waals surface area contributed by atoms with Gasteiger partial charge in [-0.1, -0.05) is 23.9 Å². The standard InChI is InChI=1S/C24H27N5O3S/c1-16(18-8-6-10-25-15-18)26-22(31)17-7-5-9-19(13-17)27-21(30)14-20-23(32)28-24(33-20)29-11-3-2-4-12-29/h5-10,13,15-16,20H,2-4,11-12,14H2,1H3,(H,26,31)(H,27,30)/t16-,20+/m1/s1. The van der Waals surface area contributed by atoms with E-state index >= 15 is 0 Å². The smallest absolute Gasteiger partial charge is 0.262 e. The Morgan fingerprint density at radius 3 is 2.76 bits per heavy atom. The molecule has 0 unspecified atom stereocenters. The summed E-state index contributed by atoms with van der Waals surface area (Å²) in [5, 5.41) is 5.97. The van der Waals surface area contributed by atoms with Crippen LogP contribution in [0.1, 0.15) is 54.6 Å². The number of aromatic nitrogens is 1. The highest BCUT2D eigenvalue weighted by molar-refractivity contribution is 8.15. The van der Waals surface area contributed by atoms with E-state index in [1.54, 1.807) is 36.7 Å². The lowest BCUT2D eigenvalue weighted by atomic mass is 10.1. The SMILES string of the molecule is C[C@@H](NC(=O)c1cccc(NC(=O)C[C@@H]2SC(N3CCCCC3)=NC2=O)c1)c1cccnc1. The average Bonchev–Trinajstić information content (AvgIpc) is 3.20. The molecule has 2 aliphatic rings. The summed E-state index contributed by atoms with van der Waals surface area (Å²) in [4.78, 5) is 47.9. The van der Waals surface area contributed by atoms with Crippen LogP contribution >= 0.6 is 11.8 Å². The minimum atomic E-state index is -0.506. The van der Waals surface area contributed by atoms with Crippen molar-refractivity contribution in [2.75, 3.05) is 18.4 Å². The zero-order valence-electron chi connectivity index (χ0n) is 18.5. The van der Waals surface area contributed by atoms with Gasteiger partial charge in [-0.2, -0.15) is 4.99 Å². The molecular weight excluding hydrogens is 438 g/mol. The van der Waals surface area contributed by atoms with E-state index in [-0.39, 0.29) is 30.2 Å². The van der Waals surface area contributed by atoms with Crippen molar-refractivity contribution in [3.8, 4) is 0 Å². The van der Waals surface area contributed by atoms with Gasteiger partial charge in [0, 0.05) is 43.2 Å². The van der Waals surface area contributed by atoms with Gasteiger partial charge in [0.25, 0.3) is 11.8 Å². The molecule has 3 heterocycles. The van der Waals surface area contributed by atoms with Crippen LogP contribution in [-0.4, -0.2) is 51.1 Å². The molecule has 0 aliphatic carbocycles. The summed E-state index contributed by atoms with van der Waals surface area (Å²) in [5.41, 5.74) is 1.85. The Morgan fingerprint density at radius 2 is 2.00 bits per heavy atom. The zero-order chi connectivity index (χ0) is 23.2. The van der Waals surface area contributed by atoms with Crippen LogP contribution < -0.4 is 10.6 Å². The summed E-state index contributed by atoms with van der Waals surface area (Å²) >= 11 is 1.37. The third-order valence-corrected chi connectivity index (χ3v) is 6.88. The number of amides is 3. The van der Waals surface area contributed by atoms with Gasteiger partial charge in [0.1, 0.15) is 5.25 Å². The Labute approximate surface area is 197 Å². The molecule has 0 radical (unpaired) electrons. The number of nitrogens with one attached hydrogen (secondary N) is 2. The number of thioether (sulfide) groups is 1. The Hall–Kier alpha value is -3.20. The fourth-order valence-electron chi connectivity index (χ4n) is 3.84. The minimum Gasteiger partial charge on any atom is -0.351 e. The Kier molecular flexibility index (Phi) is 7.39. The number of aliphatic imine (C=N–C) groups is 1. The first-order chi connectivity index (χ1) is 16.0. The highest BCUT2D eigenvalue weighted by Crippen LogP contribution is 2.29. The average molecular weight is 466 g/mol. The minimum absolute atomic E-state index is 0.0405. The topological polar surface area (TPSA) is 104 Å². The van der Waals surface area contributed by atoms with Crippen LogP contribution in [-0.2, 0) is 9.59 Å². The summed E-state index contributed by atoms with van der Waals surface area (Å²) in [6, 6.07) is 10.3. The van der Waals surface area contributed by atoms with E-state index in [0.717, 1.165) is 36.7 Å².